The summed E-state index contributed by atoms with van der Waals surface area (Å²) < 4.78 is 18.7. The standard InChI is InChI=1S/C22H25FN2O2/c1-27-18-5-6-21-19(12-18)20(13-24-21)15-7-9-25(10-8-15)14-22(26)16-3-2-4-17(23)11-16/h2-6,11-13,15,22,24,26H,7-10,14H2,1H3/t22-/m1/s1. The number of β-amino-alcohol motifs (C(OH)–C–C–N with tert-alkyl or cyclic N) is 1. The number of likely N-dealkylation sites (tertiary alicyclic amines) is 1. The molecule has 0 unspecified atom stereocenters. The average Bonchev–Trinajstić information content (AvgIpc) is 3.11. The molecular formula is C22H25FN2O2. The minimum atomic E-state index is -0.658. The van der Waals surface area contributed by atoms with Crippen LogP contribution in [0.25, 0.3) is 10.9 Å². The molecule has 0 spiro atoms. The minimum absolute atomic E-state index is 0.306. The molecular weight excluding hydrogens is 343 g/mol. The number of halogens is 1. The van der Waals surface area contributed by atoms with E-state index in [9.17, 15) is 9.50 Å². The van der Waals surface area contributed by atoms with Gasteiger partial charge in [0.05, 0.1) is 13.2 Å². The topological polar surface area (TPSA) is 48.5 Å². The van der Waals surface area contributed by atoms with Crippen LogP contribution in [-0.4, -0.2) is 41.7 Å². The van der Waals surface area contributed by atoms with Gasteiger partial charge < -0.3 is 19.7 Å². The largest absolute Gasteiger partial charge is 0.497 e. The minimum Gasteiger partial charge on any atom is -0.497 e. The number of aromatic amines is 1. The molecule has 1 saturated heterocycles. The highest BCUT2D eigenvalue weighted by Crippen LogP contribution is 2.35. The highest BCUT2D eigenvalue weighted by molar-refractivity contribution is 5.85. The number of methoxy groups -OCH3 is 1. The highest BCUT2D eigenvalue weighted by Gasteiger charge is 2.24. The van der Waals surface area contributed by atoms with Crippen LogP contribution in [0.3, 0.4) is 0 Å². The molecule has 1 aliphatic heterocycles. The van der Waals surface area contributed by atoms with E-state index in [2.05, 4.69) is 28.2 Å². The number of hydrogen-bond acceptors (Lipinski definition) is 3. The van der Waals surface area contributed by atoms with Crippen molar-refractivity contribution < 1.29 is 14.2 Å². The lowest BCUT2D eigenvalue weighted by atomic mass is 9.89. The van der Waals surface area contributed by atoms with Gasteiger partial charge in [-0.15, -0.1) is 0 Å². The van der Waals surface area contributed by atoms with Crippen LogP contribution in [0, 0.1) is 5.82 Å². The molecule has 5 heteroatoms. The van der Waals surface area contributed by atoms with E-state index >= 15 is 0 Å². The van der Waals surface area contributed by atoms with E-state index < -0.39 is 6.10 Å². The van der Waals surface area contributed by atoms with Crippen LogP contribution in [0.5, 0.6) is 5.75 Å². The average molecular weight is 368 g/mol. The van der Waals surface area contributed by atoms with Crippen LogP contribution in [0.2, 0.25) is 0 Å². The maximum absolute atomic E-state index is 13.4. The van der Waals surface area contributed by atoms with E-state index in [1.54, 1.807) is 19.2 Å². The fraction of sp³-hybridized carbons (Fsp3) is 0.364. The molecule has 2 heterocycles. The Morgan fingerprint density at radius 1 is 1.22 bits per heavy atom. The Balaban J connectivity index is 1.40. The number of aliphatic hydroxyl groups is 1. The van der Waals surface area contributed by atoms with Crippen molar-refractivity contribution in [1.82, 2.24) is 9.88 Å². The zero-order valence-corrected chi connectivity index (χ0v) is 15.5. The smallest absolute Gasteiger partial charge is 0.123 e. The van der Waals surface area contributed by atoms with Crippen LogP contribution in [0.4, 0.5) is 4.39 Å². The lowest BCUT2D eigenvalue weighted by Gasteiger charge is -2.33. The Morgan fingerprint density at radius 2 is 2.04 bits per heavy atom. The predicted molar refractivity (Wildman–Crippen MR) is 105 cm³/mol. The number of fused-ring (bicyclic) bond motifs is 1. The van der Waals surface area contributed by atoms with Gasteiger partial charge >= 0.3 is 0 Å². The van der Waals surface area contributed by atoms with Gasteiger partial charge in [-0.25, -0.2) is 4.39 Å². The second kappa shape index (κ2) is 7.71. The van der Waals surface area contributed by atoms with Gasteiger partial charge in [-0.2, -0.15) is 0 Å². The fourth-order valence-electron chi connectivity index (χ4n) is 4.08. The van der Waals surface area contributed by atoms with Crippen molar-refractivity contribution in [1.29, 1.82) is 0 Å². The van der Waals surface area contributed by atoms with Crippen LogP contribution in [0.1, 0.15) is 36.0 Å². The third-order valence-corrected chi connectivity index (χ3v) is 5.61. The molecule has 0 aliphatic carbocycles. The fourth-order valence-corrected chi connectivity index (χ4v) is 4.08. The third-order valence-electron chi connectivity index (χ3n) is 5.61. The Hall–Kier alpha value is -2.37. The summed E-state index contributed by atoms with van der Waals surface area (Å²) >= 11 is 0. The molecule has 1 aliphatic rings. The summed E-state index contributed by atoms with van der Waals surface area (Å²) in [6.07, 6.45) is 3.54. The van der Waals surface area contributed by atoms with Gasteiger partial charge in [0.25, 0.3) is 0 Å². The number of aliphatic hydroxyl groups excluding tert-OH is 1. The number of H-pyrrole nitrogens is 1. The van der Waals surface area contributed by atoms with Crippen LogP contribution < -0.4 is 4.74 Å². The molecule has 27 heavy (non-hydrogen) atoms. The van der Waals surface area contributed by atoms with Crippen LogP contribution in [0.15, 0.2) is 48.7 Å². The van der Waals surface area contributed by atoms with Gasteiger partial charge in [-0.1, -0.05) is 12.1 Å². The lowest BCUT2D eigenvalue weighted by Crippen LogP contribution is -2.36. The summed E-state index contributed by atoms with van der Waals surface area (Å²) in [7, 11) is 1.69. The molecule has 2 aromatic carbocycles. The first-order valence-electron chi connectivity index (χ1n) is 9.45. The van der Waals surface area contributed by atoms with E-state index in [4.69, 9.17) is 4.74 Å². The Labute approximate surface area is 158 Å². The predicted octanol–water partition coefficient (Wildman–Crippen LogP) is 4.23. The first-order chi connectivity index (χ1) is 13.1. The normalized spacial score (nSPS) is 17.3. The van der Waals surface area contributed by atoms with E-state index in [-0.39, 0.29) is 5.82 Å². The molecule has 0 bridgehead atoms. The Morgan fingerprint density at radius 3 is 2.78 bits per heavy atom. The van der Waals surface area contributed by atoms with Crippen LogP contribution in [-0.2, 0) is 0 Å². The van der Waals surface area contributed by atoms with E-state index in [0.29, 0.717) is 18.0 Å². The van der Waals surface area contributed by atoms with Crippen molar-refractivity contribution in [3.63, 3.8) is 0 Å². The first kappa shape index (κ1) is 18.0. The van der Waals surface area contributed by atoms with Crippen molar-refractivity contribution in [3.8, 4) is 5.75 Å². The lowest BCUT2D eigenvalue weighted by molar-refractivity contribution is 0.0971. The number of piperidine rings is 1. The van der Waals surface area contributed by atoms with Crippen molar-refractivity contribution in [2.45, 2.75) is 24.9 Å². The van der Waals surface area contributed by atoms with Gasteiger partial charge in [0, 0.05) is 23.6 Å². The van der Waals surface area contributed by atoms with Gasteiger partial charge in [0.1, 0.15) is 11.6 Å². The summed E-state index contributed by atoms with van der Waals surface area (Å²) in [6, 6.07) is 12.4. The van der Waals surface area contributed by atoms with Gasteiger partial charge in [-0.3, -0.25) is 0 Å². The van der Waals surface area contributed by atoms with E-state index in [1.807, 2.05) is 6.07 Å². The third kappa shape index (κ3) is 3.84. The highest BCUT2D eigenvalue weighted by atomic mass is 19.1. The molecule has 3 aromatic rings. The monoisotopic (exact) mass is 368 g/mol. The number of benzene rings is 2. The zero-order valence-electron chi connectivity index (χ0n) is 15.5. The van der Waals surface area contributed by atoms with Gasteiger partial charge in [0.15, 0.2) is 0 Å². The maximum Gasteiger partial charge on any atom is 0.123 e. The molecule has 1 fully saturated rings. The molecule has 1 atom stereocenters. The van der Waals surface area contributed by atoms with Crippen LogP contribution >= 0.6 is 0 Å². The Bertz CT molecular complexity index is 916. The van der Waals surface area contributed by atoms with Crippen molar-refractivity contribution in [3.05, 3.63) is 65.6 Å². The number of ether oxygens (including phenoxy) is 1. The summed E-state index contributed by atoms with van der Waals surface area (Å²) in [5.74, 6) is 1.06. The summed E-state index contributed by atoms with van der Waals surface area (Å²) in [6.45, 7) is 2.39. The molecule has 0 amide bonds. The summed E-state index contributed by atoms with van der Waals surface area (Å²) in [4.78, 5) is 5.63. The second-order valence-electron chi connectivity index (χ2n) is 7.30. The molecule has 142 valence electrons. The molecule has 2 N–H and O–H groups in total. The number of nitrogens with one attached hydrogen (secondary N) is 1. The quantitative estimate of drug-likeness (QED) is 0.709. The first-order valence-corrected chi connectivity index (χ1v) is 9.45. The number of aromatic nitrogens is 1. The van der Waals surface area contributed by atoms with E-state index in [1.165, 1.54) is 23.1 Å². The second-order valence-corrected chi connectivity index (χ2v) is 7.30. The van der Waals surface area contributed by atoms with Crippen molar-refractivity contribution >= 4 is 10.9 Å². The Kier molecular flexibility index (Phi) is 5.14. The summed E-state index contributed by atoms with van der Waals surface area (Å²) in [5.41, 5.74) is 3.12. The number of nitrogens with zero attached hydrogens (tertiary/aromatic N) is 1. The molecule has 1 aromatic heterocycles. The molecule has 0 radical (unpaired) electrons. The summed E-state index contributed by atoms with van der Waals surface area (Å²) in [5, 5.41) is 11.6. The van der Waals surface area contributed by atoms with Crippen molar-refractivity contribution in [2.24, 2.45) is 0 Å². The van der Waals surface area contributed by atoms with Gasteiger partial charge in [0.2, 0.25) is 0 Å². The maximum atomic E-state index is 13.4. The van der Waals surface area contributed by atoms with E-state index in [0.717, 1.165) is 37.2 Å². The number of hydrogen-bond donors (Lipinski definition) is 2. The molecule has 4 rings (SSSR count). The van der Waals surface area contributed by atoms with Gasteiger partial charge in [-0.05, 0) is 73.3 Å². The van der Waals surface area contributed by atoms with Crippen molar-refractivity contribution in [2.75, 3.05) is 26.7 Å². The molecule has 4 nitrogen and oxygen atoms in total. The SMILES string of the molecule is COc1ccc2[nH]cc(C3CCN(C[C@@H](O)c4cccc(F)c4)CC3)c2c1. The molecule has 0 saturated carbocycles. The zero-order chi connectivity index (χ0) is 18.8. The number of rotatable bonds is 5.